The highest BCUT2D eigenvalue weighted by molar-refractivity contribution is 6.06. The number of carbonyl (C=O) groups excluding carboxylic acids is 2. The van der Waals surface area contributed by atoms with Crippen LogP contribution in [0.15, 0.2) is 48.5 Å². The number of amides is 1. The van der Waals surface area contributed by atoms with Crippen LogP contribution in [0.2, 0.25) is 0 Å². The van der Waals surface area contributed by atoms with E-state index in [4.69, 9.17) is 4.74 Å². The third kappa shape index (κ3) is 4.97. The van der Waals surface area contributed by atoms with Crippen molar-refractivity contribution in [1.29, 1.82) is 0 Å². The summed E-state index contributed by atoms with van der Waals surface area (Å²) in [5.41, 5.74) is 0.356. The van der Waals surface area contributed by atoms with E-state index in [9.17, 15) is 18.4 Å². The largest absolute Gasteiger partial charge is 0.484 e. The minimum atomic E-state index is -0.999. The normalized spacial score (nSPS) is 10.7. The van der Waals surface area contributed by atoms with Gasteiger partial charge in [0.15, 0.2) is 24.0 Å². The molecular formula is C19H17F2NO3. The van der Waals surface area contributed by atoms with Gasteiger partial charge in [-0.25, -0.2) is 8.78 Å². The molecule has 2 aromatic carbocycles. The maximum atomic E-state index is 13.5. The summed E-state index contributed by atoms with van der Waals surface area (Å²) >= 11 is 0. The van der Waals surface area contributed by atoms with Crippen molar-refractivity contribution < 1.29 is 23.1 Å². The Bertz CT molecular complexity index is 799. The molecule has 1 amide bonds. The number of benzene rings is 2. The molecule has 0 spiro atoms. The maximum Gasteiger partial charge on any atom is 0.259 e. The van der Waals surface area contributed by atoms with Crippen LogP contribution in [0.4, 0.5) is 8.78 Å². The molecule has 0 bridgehead atoms. The zero-order valence-corrected chi connectivity index (χ0v) is 13.8. The molecule has 0 fully saturated rings. The average molecular weight is 345 g/mol. The van der Waals surface area contributed by atoms with Crippen LogP contribution in [0.1, 0.15) is 15.9 Å². The number of rotatable bonds is 6. The molecule has 0 aromatic heterocycles. The van der Waals surface area contributed by atoms with Crippen LogP contribution >= 0.6 is 0 Å². The summed E-state index contributed by atoms with van der Waals surface area (Å²) in [5.74, 6) is -2.06. The summed E-state index contributed by atoms with van der Waals surface area (Å²) in [4.78, 5) is 24.9. The molecule has 0 atom stereocenters. The van der Waals surface area contributed by atoms with Gasteiger partial charge in [0.25, 0.3) is 5.91 Å². The van der Waals surface area contributed by atoms with Crippen LogP contribution in [0.5, 0.6) is 5.75 Å². The van der Waals surface area contributed by atoms with E-state index in [0.717, 1.165) is 6.07 Å². The van der Waals surface area contributed by atoms with E-state index < -0.39 is 11.6 Å². The zero-order valence-electron chi connectivity index (χ0n) is 13.8. The molecule has 0 heterocycles. The van der Waals surface area contributed by atoms with Crippen molar-refractivity contribution in [2.75, 3.05) is 20.7 Å². The van der Waals surface area contributed by atoms with Crippen molar-refractivity contribution in [2.45, 2.75) is 0 Å². The monoisotopic (exact) mass is 345 g/mol. The fraction of sp³-hybridized carbons (Fsp3) is 0.158. The molecular weight excluding hydrogens is 328 g/mol. The molecule has 2 aromatic rings. The maximum absolute atomic E-state index is 13.5. The van der Waals surface area contributed by atoms with Crippen molar-refractivity contribution in [3.63, 3.8) is 0 Å². The number of hydrogen-bond donors (Lipinski definition) is 0. The second-order valence-electron chi connectivity index (χ2n) is 5.44. The molecule has 0 aliphatic carbocycles. The SMILES string of the molecule is CN(C)C(=O)COc1ccc(C(=O)/C=C/c2cccc(F)c2F)cc1. The van der Waals surface area contributed by atoms with Gasteiger partial charge in [0.2, 0.25) is 0 Å². The molecule has 0 saturated carbocycles. The van der Waals surface area contributed by atoms with Gasteiger partial charge < -0.3 is 9.64 Å². The van der Waals surface area contributed by atoms with Gasteiger partial charge in [-0.15, -0.1) is 0 Å². The number of ether oxygens (including phenoxy) is 1. The predicted octanol–water partition coefficient (Wildman–Crippen LogP) is 3.33. The summed E-state index contributed by atoms with van der Waals surface area (Å²) in [5, 5.41) is 0. The Morgan fingerprint density at radius 2 is 1.76 bits per heavy atom. The number of nitrogens with zero attached hydrogens (tertiary/aromatic N) is 1. The Morgan fingerprint density at radius 1 is 1.08 bits per heavy atom. The molecule has 0 aliphatic heterocycles. The quantitative estimate of drug-likeness (QED) is 0.596. The smallest absolute Gasteiger partial charge is 0.259 e. The fourth-order valence-corrected chi connectivity index (χ4v) is 1.90. The number of carbonyl (C=O) groups is 2. The van der Waals surface area contributed by atoms with Gasteiger partial charge in [-0.05, 0) is 42.5 Å². The lowest BCUT2D eigenvalue weighted by Gasteiger charge is -2.11. The summed E-state index contributed by atoms with van der Waals surface area (Å²) in [6.07, 6.45) is 2.39. The predicted molar refractivity (Wildman–Crippen MR) is 90.4 cm³/mol. The number of halogens is 2. The zero-order chi connectivity index (χ0) is 18.4. The molecule has 130 valence electrons. The Balaban J connectivity index is 2.01. The van der Waals surface area contributed by atoms with Gasteiger partial charge in [0.05, 0.1) is 0 Å². The van der Waals surface area contributed by atoms with Crippen LogP contribution in [-0.2, 0) is 4.79 Å². The van der Waals surface area contributed by atoms with Gasteiger partial charge in [-0.2, -0.15) is 0 Å². The van der Waals surface area contributed by atoms with Crippen LogP contribution in [0, 0.1) is 11.6 Å². The third-order valence-corrected chi connectivity index (χ3v) is 3.40. The summed E-state index contributed by atoms with van der Waals surface area (Å²) in [6, 6.07) is 9.94. The third-order valence-electron chi connectivity index (χ3n) is 3.40. The number of likely N-dealkylation sites (N-methyl/N-ethyl adjacent to an activating group) is 1. The Kier molecular flexibility index (Phi) is 6.00. The Morgan fingerprint density at radius 3 is 2.40 bits per heavy atom. The Labute approximate surface area is 144 Å². The van der Waals surface area contributed by atoms with Crippen LogP contribution < -0.4 is 4.74 Å². The molecule has 2 rings (SSSR count). The van der Waals surface area contributed by atoms with E-state index in [1.807, 2.05) is 0 Å². The highest BCUT2D eigenvalue weighted by Gasteiger charge is 2.08. The first-order valence-electron chi connectivity index (χ1n) is 7.48. The standard InChI is InChI=1S/C19H17F2NO3/c1-22(2)18(24)12-25-15-9-6-13(7-10-15)17(23)11-8-14-4-3-5-16(20)19(14)21/h3-11H,12H2,1-2H3/b11-8+. The van der Waals surface area contributed by atoms with E-state index >= 15 is 0 Å². The number of hydrogen-bond acceptors (Lipinski definition) is 3. The highest BCUT2D eigenvalue weighted by Crippen LogP contribution is 2.15. The van der Waals surface area contributed by atoms with Crippen molar-refractivity contribution in [3.8, 4) is 5.75 Å². The van der Waals surface area contributed by atoms with E-state index in [2.05, 4.69) is 0 Å². The lowest BCUT2D eigenvalue weighted by atomic mass is 10.1. The molecule has 0 N–H and O–H groups in total. The molecule has 0 unspecified atom stereocenters. The topological polar surface area (TPSA) is 46.6 Å². The molecule has 0 aliphatic rings. The van der Waals surface area contributed by atoms with E-state index in [-0.39, 0.29) is 23.9 Å². The van der Waals surface area contributed by atoms with Crippen molar-refractivity contribution in [2.24, 2.45) is 0 Å². The fourth-order valence-electron chi connectivity index (χ4n) is 1.90. The number of ketones is 1. The van der Waals surface area contributed by atoms with E-state index in [0.29, 0.717) is 11.3 Å². The van der Waals surface area contributed by atoms with Gasteiger partial charge in [-0.1, -0.05) is 12.1 Å². The molecule has 0 saturated heterocycles. The van der Waals surface area contributed by atoms with Crippen molar-refractivity contribution >= 4 is 17.8 Å². The minimum absolute atomic E-state index is 0.00417. The van der Waals surface area contributed by atoms with Crippen LogP contribution in [0.3, 0.4) is 0 Å². The van der Waals surface area contributed by atoms with Crippen molar-refractivity contribution in [1.82, 2.24) is 4.90 Å². The first-order chi connectivity index (χ1) is 11.9. The van der Waals surface area contributed by atoms with Gasteiger partial charge >= 0.3 is 0 Å². The van der Waals surface area contributed by atoms with Crippen molar-refractivity contribution in [3.05, 3.63) is 71.3 Å². The van der Waals surface area contributed by atoms with Gasteiger partial charge in [0.1, 0.15) is 5.75 Å². The molecule has 6 heteroatoms. The van der Waals surface area contributed by atoms with Gasteiger partial charge in [-0.3, -0.25) is 9.59 Å². The van der Waals surface area contributed by atoms with Crippen LogP contribution in [-0.4, -0.2) is 37.3 Å². The molecule has 4 nitrogen and oxygen atoms in total. The molecule has 0 radical (unpaired) electrons. The van der Waals surface area contributed by atoms with Crippen LogP contribution in [0.25, 0.3) is 6.08 Å². The second kappa shape index (κ2) is 8.19. The van der Waals surface area contributed by atoms with E-state index in [1.54, 1.807) is 26.2 Å². The minimum Gasteiger partial charge on any atom is -0.484 e. The summed E-state index contributed by atoms with van der Waals surface area (Å²) in [6.45, 7) is -0.0982. The summed E-state index contributed by atoms with van der Waals surface area (Å²) in [7, 11) is 3.25. The van der Waals surface area contributed by atoms with E-state index in [1.165, 1.54) is 41.3 Å². The first-order valence-corrected chi connectivity index (χ1v) is 7.48. The highest BCUT2D eigenvalue weighted by atomic mass is 19.2. The lowest BCUT2D eigenvalue weighted by molar-refractivity contribution is -0.130. The molecule has 25 heavy (non-hydrogen) atoms. The summed E-state index contributed by atoms with van der Waals surface area (Å²) < 4.78 is 32.0. The second-order valence-corrected chi connectivity index (χ2v) is 5.44. The van der Waals surface area contributed by atoms with Gasteiger partial charge in [0, 0.05) is 25.2 Å². The average Bonchev–Trinajstić information content (AvgIpc) is 2.61. The first kappa shape index (κ1) is 18.3. The lowest BCUT2D eigenvalue weighted by Crippen LogP contribution is -2.27. The number of allylic oxidation sites excluding steroid dienone is 1. The Hall–Kier alpha value is -3.02.